The second-order valence-corrected chi connectivity index (χ2v) is 3.23. The number of amides is 1. The van der Waals surface area contributed by atoms with E-state index < -0.39 is 0 Å². The zero-order valence-corrected chi connectivity index (χ0v) is 7.60. The number of fused-ring (bicyclic) bond motifs is 1. The first-order valence-electron chi connectivity index (χ1n) is 4.29. The van der Waals surface area contributed by atoms with Crippen LogP contribution in [0.3, 0.4) is 0 Å². The molecule has 0 unspecified atom stereocenters. The maximum atomic E-state index is 10.8. The molecule has 0 aliphatic carbocycles. The van der Waals surface area contributed by atoms with Crippen molar-refractivity contribution in [1.29, 1.82) is 0 Å². The Labute approximate surface area is 81.1 Å². The second kappa shape index (κ2) is 3.06. The van der Waals surface area contributed by atoms with Gasteiger partial charge < -0.3 is 16.0 Å². The molecule has 1 heterocycles. The third kappa shape index (κ3) is 1.42. The van der Waals surface area contributed by atoms with E-state index in [-0.39, 0.29) is 12.5 Å². The predicted molar refractivity (Wildman–Crippen MR) is 55.5 cm³/mol. The molecule has 72 valence electrons. The molecule has 0 spiro atoms. The first-order chi connectivity index (χ1) is 6.66. The maximum Gasteiger partial charge on any atom is 0.237 e. The molecular formula is C10H11N3O. The Bertz CT molecular complexity index is 487. The average molecular weight is 189 g/mol. The van der Waals surface area contributed by atoms with Gasteiger partial charge in [-0.2, -0.15) is 0 Å². The van der Waals surface area contributed by atoms with Crippen molar-refractivity contribution in [3.8, 4) is 0 Å². The molecule has 0 atom stereocenters. The van der Waals surface area contributed by atoms with Crippen LogP contribution in [-0.4, -0.2) is 10.5 Å². The van der Waals surface area contributed by atoms with Crippen LogP contribution in [0.15, 0.2) is 30.5 Å². The zero-order chi connectivity index (χ0) is 10.1. The Hall–Kier alpha value is -1.97. The number of nitrogens with two attached hydrogens (primary N) is 2. The quantitative estimate of drug-likeness (QED) is 0.683. The summed E-state index contributed by atoms with van der Waals surface area (Å²) in [5.74, 6) is -0.357. The van der Waals surface area contributed by atoms with Gasteiger partial charge in [0.05, 0.1) is 5.52 Å². The van der Waals surface area contributed by atoms with E-state index in [4.69, 9.17) is 11.5 Å². The molecule has 0 aliphatic rings. The monoisotopic (exact) mass is 189 g/mol. The fraction of sp³-hybridized carbons (Fsp3) is 0.100. The van der Waals surface area contributed by atoms with Crippen molar-refractivity contribution in [2.24, 2.45) is 5.73 Å². The van der Waals surface area contributed by atoms with Gasteiger partial charge in [0.25, 0.3) is 0 Å². The Morgan fingerprint density at radius 2 is 2.14 bits per heavy atom. The summed E-state index contributed by atoms with van der Waals surface area (Å²) >= 11 is 0. The fourth-order valence-electron chi connectivity index (χ4n) is 1.51. The summed E-state index contributed by atoms with van der Waals surface area (Å²) in [6, 6.07) is 7.51. The number of nitrogens with zero attached hydrogens (tertiary/aromatic N) is 1. The minimum absolute atomic E-state index is 0.187. The summed E-state index contributed by atoms with van der Waals surface area (Å²) in [5, 5.41) is 1.06. The lowest BCUT2D eigenvalue weighted by molar-refractivity contribution is -0.118. The molecule has 1 aromatic heterocycles. The van der Waals surface area contributed by atoms with Gasteiger partial charge in [0, 0.05) is 11.9 Å². The number of hydrogen-bond donors (Lipinski definition) is 2. The number of aromatic nitrogens is 1. The van der Waals surface area contributed by atoms with Crippen LogP contribution in [0.1, 0.15) is 0 Å². The number of hydrogen-bond acceptors (Lipinski definition) is 2. The molecule has 1 amide bonds. The highest BCUT2D eigenvalue weighted by Crippen LogP contribution is 2.18. The molecule has 1 aromatic carbocycles. The van der Waals surface area contributed by atoms with Crippen molar-refractivity contribution >= 4 is 22.5 Å². The molecule has 2 rings (SSSR count). The van der Waals surface area contributed by atoms with Gasteiger partial charge in [0.1, 0.15) is 6.54 Å². The van der Waals surface area contributed by atoms with Crippen molar-refractivity contribution in [2.75, 3.05) is 5.73 Å². The minimum atomic E-state index is -0.357. The molecule has 0 aliphatic heterocycles. The van der Waals surface area contributed by atoms with Gasteiger partial charge in [-0.25, -0.2) is 0 Å². The molecule has 0 saturated heterocycles. The van der Waals surface area contributed by atoms with Crippen molar-refractivity contribution in [1.82, 2.24) is 4.57 Å². The van der Waals surface area contributed by atoms with Crippen LogP contribution in [0.5, 0.6) is 0 Å². The number of rotatable bonds is 2. The number of nitrogen functional groups attached to an aromatic ring is 1. The normalized spacial score (nSPS) is 10.6. The SMILES string of the molecule is NC(=O)Cn1ccc2ccc(N)cc21. The molecule has 0 bridgehead atoms. The smallest absolute Gasteiger partial charge is 0.237 e. The van der Waals surface area contributed by atoms with Gasteiger partial charge >= 0.3 is 0 Å². The van der Waals surface area contributed by atoms with Crippen molar-refractivity contribution in [2.45, 2.75) is 6.54 Å². The van der Waals surface area contributed by atoms with Crippen molar-refractivity contribution < 1.29 is 4.79 Å². The summed E-state index contributed by atoms with van der Waals surface area (Å²) in [4.78, 5) is 10.8. The van der Waals surface area contributed by atoms with Crippen LogP contribution in [-0.2, 0) is 11.3 Å². The van der Waals surface area contributed by atoms with Crippen LogP contribution < -0.4 is 11.5 Å². The summed E-state index contributed by atoms with van der Waals surface area (Å²) in [6.45, 7) is 0.187. The standard InChI is InChI=1S/C10H11N3O/c11-8-2-1-7-3-4-13(6-10(12)14)9(7)5-8/h1-5H,6,11H2,(H2,12,14). The first kappa shape index (κ1) is 8.62. The van der Waals surface area contributed by atoms with E-state index in [2.05, 4.69) is 0 Å². The molecular weight excluding hydrogens is 178 g/mol. The number of carbonyl (C=O) groups excluding carboxylic acids is 1. The van der Waals surface area contributed by atoms with Gasteiger partial charge in [-0.1, -0.05) is 6.07 Å². The largest absolute Gasteiger partial charge is 0.399 e. The number of carbonyl (C=O) groups is 1. The van der Waals surface area contributed by atoms with E-state index in [1.54, 1.807) is 4.57 Å². The van der Waals surface area contributed by atoms with E-state index in [1.165, 1.54) is 0 Å². The summed E-state index contributed by atoms with van der Waals surface area (Å²) in [6.07, 6.45) is 1.83. The molecule has 0 radical (unpaired) electrons. The summed E-state index contributed by atoms with van der Waals surface area (Å²) < 4.78 is 1.79. The van der Waals surface area contributed by atoms with Gasteiger partial charge in [0.2, 0.25) is 5.91 Å². The van der Waals surface area contributed by atoms with Crippen LogP contribution >= 0.6 is 0 Å². The number of primary amides is 1. The molecule has 4 heteroatoms. The maximum absolute atomic E-state index is 10.8. The Balaban J connectivity index is 2.55. The lowest BCUT2D eigenvalue weighted by atomic mass is 10.2. The predicted octanol–water partition coefficient (Wildman–Crippen LogP) is 0.709. The molecule has 2 aromatic rings. The van der Waals surface area contributed by atoms with Crippen LogP contribution in [0.4, 0.5) is 5.69 Å². The fourth-order valence-corrected chi connectivity index (χ4v) is 1.51. The molecule has 0 saturated carbocycles. The second-order valence-electron chi connectivity index (χ2n) is 3.23. The summed E-state index contributed by atoms with van der Waals surface area (Å²) in [5.41, 5.74) is 12.4. The Morgan fingerprint density at radius 3 is 2.86 bits per heavy atom. The Kier molecular flexibility index (Phi) is 1.89. The van der Waals surface area contributed by atoms with Crippen molar-refractivity contribution in [3.05, 3.63) is 30.5 Å². The zero-order valence-electron chi connectivity index (χ0n) is 7.60. The molecule has 14 heavy (non-hydrogen) atoms. The van der Waals surface area contributed by atoms with E-state index in [0.29, 0.717) is 5.69 Å². The van der Waals surface area contributed by atoms with Gasteiger partial charge in [-0.05, 0) is 23.6 Å². The van der Waals surface area contributed by atoms with Gasteiger partial charge in [-0.3, -0.25) is 4.79 Å². The van der Waals surface area contributed by atoms with Gasteiger partial charge in [0.15, 0.2) is 0 Å². The van der Waals surface area contributed by atoms with E-state index in [0.717, 1.165) is 10.9 Å². The molecule has 4 N–H and O–H groups in total. The van der Waals surface area contributed by atoms with E-state index in [1.807, 2.05) is 30.5 Å². The average Bonchev–Trinajstić information content (AvgIpc) is 2.47. The van der Waals surface area contributed by atoms with Crippen LogP contribution in [0.25, 0.3) is 10.9 Å². The number of benzene rings is 1. The highest BCUT2D eigenvalue weighted by atomic mass is 16.1. The minimum Gasteiger partial charge on any atom is -0.399 e. The topological polar surface area (TPSA) is 74.0 Å². The first-order valence-corrected chi connectivity index (χ1v) is 4.29. The van der Waals surface area contributed by atoms with Gasteiger partial charge in [-0.15, -0.1) is 0 Å². The number of anilines is 1. The van der Waals surface area contributed by atoms with Crippen molar-refractivity contribution in [3.63, 3.8) is 0 Å². The third-order valence-corrected chi connectivity index (χ3v) is 2.12. The third-order valence-electron chi connectivity index (χ3n) is 2.12. The lowest BCUT2D eigenvalue weighted by Gasteiger charge is -2.02. The van der Waals surface area contributed by atoms with Crippen LogP contribution in [0.2, 0.25) is 0 Å². The van der Waals surface area contributed by atoms with Crippen LogP contribution in [0, 0.1) is 0 Å². The molecule has 0 fully saturated rings. The molecule has 4 nitrogen and oxygen atoms in total. The lowest BCUT2D eigenvalue weighted by Crippen LogP contribution is -2.17. The highest BCUT2D eigenvalue weighted by molar-refractivity contribution is 5.85. The van der Waals surface area contributed by atoms with E-state index >= 15 is 0 Å². The highest BCUT2D eigenvalue weighted by Gasteiger charge is 2.03. The Morgan fingerprint density at radius 1 is 1.36 bits per heavy atom. The van der Waals surface area contributed by atoms with E-state index in [9.17, 15) is 4.79 Å². The summed E-state index contributed by atoms with van der Waals surface area (Å²) in [7, 11) is 0.